The Morgan fingerprint density at radius 2 is 2.05 bits per heavy atom. The van der Waals surface area contributed by atoms with Crippen LogP contribution >= 0.6 is 0 Å². The molecule has 2 N–H and O–H groups in total. The molecule has 0 aliphatic carbocycles. The number of alkyl halides is 3. The van der Waals surface area contributed by atoms with Crippen LogP contribution in [-0.4, -0.2) is 48.8 Å². The highest BCUT2D eigenvalue weighted by molar-refractivity contribution is 5.96. The number of halogens is 3. The third-order valence-corrected chi connectivity index (χ3v) is 2.77. The van der Waals surface area contributed by atoms with E-state index in [9.17, 15) is 18.0 Å². The van der Waals surface area contributed by atoms with Crippen molar-refractivity contribution >= 4 is 11.6 Å². The van der Waals surface area contributed by atoms with Crippen molar-refractivity contribution in [3.05, 3.63) is 29.3 Å². The highest BCUT2D eigenvalue weighted by atomic mass is 19.4. The summed E-state index contributed by atoms with van der Waals surface area (Å²) in [6.45, 7) is -0.598. The van der Waals surface area contributed by atoms with Gasteiger partial charge in [0.15, 0.2) is 0 Å². The maximum atomic E-state index is 12.4. The van der Waals surface area contributed by atoms with Crippen LogP contribution in [0.3, 0.4) is 0 Å². The van der Waals surface area contributed by atoms with Crippen LogP contribution in [0.5, 0.6) is 0 Å². The maximum absolute atomic E-state index is 12.4. The zero-order valence-corrected chi connectivity index (χ0v) is 11.3. The van der Waals surface area contributed by atoms with Crippen molar-refractivity contribution in [2.45, 2.75) is 13.1 Å². The van der Waals surface area contributed by atoms with Crippen LogP contribution in [0.1, 0.15) is 15.9 Å². The summed E-state index contributed by atoms with van der Waals surface area (Å²) in [6, 6.07) is 4.77. The minimum atomic E-state index is -4.50. The van der Waals surface area contributed by atoms with Gasteiger partial charge in [-0.2, -0.15) is 13.2 Å². The normalized spacial score (nSPS) is 11.3. The molecular weight excluding hydrogens is 273 g/mol. The van der Waals surface area contributed by atoms with Crippen LogP contribution in [0.25, 0.3) is 0 Å². The molecule has 0 aliphatic heterocycles. The molecule has 7 heteroatoms. The molecule has 0 spiro atoms. The fourth-order valence-corrected chi connectivity index (χ4v) is 1.82. The molecule has 1 rings (SSSR count). The second-order valence-electron chi connectivity index (χ2n) is 4.35. The predicted molar refractivity (Wildman–Crippen MR) is 69.8 cm³/mol. The summed E-state index contributed by atoms with van der Waals surface area (Å²) in [5.41, 5.74) is 1.54. The summed E-state index contributed by atoms with van der Waals surface area (Å²) in [7, 11) is 1.71. The fraction of sp³-hybridized carbons (Fsp3) is 0.462. The number of hydrogen-bond donors (Lipinski definition) is 2. The summed E-state index contributed by atoms with van der Waals surface area (Å²) in [5.74, 6) is -0.739. The molecule has 112 valence electrons. The van der Waals surface area contributed by atoms with Crippen molar-refractivity contribution in [3.63, 3.8) is 0 Å². The number of carbonyl (C=O) groups is 1. The molecule has 0 radical (unpaired) electrons. The lowest BCUT2D eigenvalue weighted by molar-refractivity contribution is -0.141. The molecule has 1 aromatic rings. The Hall–Kier alpha value is -1.76. The number of aryl methyl sites for hydroxylation is 1. The van der Waals surface area contributed by atoms with Crippen molar-refractivity contribution < 1.29 is 23.1 Å². The van der Waals surface area contributed by atoms with Crippen LogP contribution in [0.2, 0.25) is 0 Å². The standard InChI is InChI=1S/C13H17F3N2O2/c1-9-7-10(17-2)3-4-11(9)12(20)18(5-6-19)8-13(14,15)16/h3-4,7,17,19H,5-6,8H2,1-2H3. The Balaban J connectivity index is 3.00. The number of aliphatic hydroxyl groups is 1. The number of benzene rings is 1. The van der Waals surface area contributed by atoms with Crippen LogP contribution in [-0.2, 0) is 0 Å². The van der Waals surface area contributed by atoms with Gasteiger partial charge in [0.2, 0.25) is 0 Å². The van der Waals surface area contributed by atoms with Gasteiger partial charge in [-0.3, -0.25) is 4.79 Å². The summed E-state index contributed by atoms with van der Waals surface area (Å²) < 4.78 is 37.3. The van der Waals surface area contributed by atoms with Crippen molar-refractivity contribution in [1.82, 2.24) is 4.90 Å². The number of nitrogens with one attached hydrogen (secondary N) is 1. The molecule has 0 saturated carbocycles. The van der Waals surface area contributed by atoms with Crippen LogP contribution in [0.4, 0.5) is 18.9 Å². The molecule has 4 nitrogen and oxygen atoms in total. The number of hydrogen-bond acceptors (Lipinski definition) is 3. The van der Waals surface area contributed by atoms with Gasteiger partial charge in [0, 0.05) is 24.8 Å². The quantitative estimate of drug-likeness (QED) is 0.872. The van der Waals surface area contributed by atoms with Gasteiger partial charge in [-0.15, -0.1) is 0 Å². The lowest BCUT2D eigenvalue weighted by Gasteiger charge is -2.24. The lowest BCUT2D eigenvalue weighted by atomic mass is 10.1. The first-order valence-electron chi connectivity index (χ1n) is 6.03. The van der Waals surface area contributed by atoms with Gasteiger partial charge >= 0.3 is 6.18 Å². The minimum Gasteiger partial charge on any atom is -0.395 e. The van der Waals surface area contributed by atoms with Crippen molar-refractivity contribution in [3.8, 4) is 0 Å². The Kier molecular flexibility index (Phi) is 5.38. The monoisotopic (exact) mass is 290 g/mol. The number of rotatable bonds is 5. The molecule has 0 fully saturated rings. The predicted octanol–water partition coefficient (Wildman–Crippen LogP) is 2.03. The van der Waals surface area contributed by atoms with Gasteiger partial charge in [0.1, 0.15) is 6.54 Å². The van der Waals surface area contributed by atoms with E-state index >= 15 is 0 Å². The van der Waals surface area contributed by atoms with Crippen LogP contribution in [0.15, 0.2) is 18.2 Å². The summed E-state index contributed by atoms with van der Waals surface area (Å²) in [5, 5.41) is 11.7. The second-order valence-corrected chi connectivity index (χ2v) is 4.35. The molecule has 0 atom stereocenters. The number of amides is 1. The smallest absolute Gasteiger partial charge is 0.395 e. The first-order chi connectivity index (χ1) is 9.28. The first-order valence-corrected chi connectivity index (χ1v) is 6.03. The molecule has 1 amide bonds. The Bertz CT molecular complexity index is 475. The van der Waals surface area contributed by atoms with Crippen molar-refractivity contribution in [1.29, 1.82) is 0 Å². The molecule has 1 aromatic carbocycles. The highest BCUT2D eigenvalue weighted by Crippen LogP contribution is 2.20. The summed E-state index contributed by atoms with van der Waals surface area (Å²) in [6.07, 6.45) is -4.50. The third-order valence-electron chi connectivity index (χ3n) is 2.77. The largest absolute Gasteiger partial charge is 0.406 e. The number of aliphatic hydroxyl groups excluding tert-OH is 1. The van der Waals surface area contributed by atoms with E-state index in [-0.39, 0.29) is 12.1 Å². The van der Waals surface area contributed by atoms with E-state index < -0.39 is 25.2 Å². The maximum Gasteiger partial charge on any atom is 0.406 e. The lowest BCUT2D eigenvalue weighted by Crippen LogP contribution is -2.40. The first kappa shape index (κ1) is 16.3. The average Bonchev–Trinajstić information content (AvgIpc) is 2.35. The molecule has 0 heterocycles. The van der Waals surface area contributed by atoms with Gasteiger partial charge < -0.3 is 15.3 Å². The zero-order valence-electron chi connectivity index (χ0n) is 11.3. The molecule has 0 unspecified atom stereocenters. The highest BCUT2D eigenvalue weighted by Gasteiger charge is 2.33. The van der Waals surface area contributed by atoms with E-state index in [4.69, 9.17) is 5.11 Å². The summed E-state index contributed by atoms with van der Waals surface area (Å²) in [4.78, 5) is 12.7. The van der Waals surface area contributed by atoms with E-state index in [1.807, 2.05) is 0 Å². The van der Waals surface area contributed by atoms with E-state index in [0.29, 0.717) is 10.5 Å². The molecule has 0 aliphatic rings. The van der Waals surface area contributed by atoms with Gasteiger partial charge in [-0.1, -0.05) is 0 Å². The van der Waals surface area contributed by atoms with Gasteiger partial charge in [-0.05, 0) is 30.7 Å². The van der Waals surface area contributed by atoms with Gasteiger partial charge in [-0.25, -0.2) is 0 Å². The number of nitrogens with zero attached hydrogens (tertiary/aromatic N) is 1. The zero-order chi connectivity index (χ0) is 15.3. The molecule has 0 bridgehead atoms. The molecule has 20 heavy (non-hydrogen) atoms. The third kappa shape index (κ3) is 4.41. The fourth-order valence-electron chi connectivity index (χ4n) is 1.82. The topological polar surface area (TPSA) is 52.6 Å². The Morgan fingerprint density at radius 1 is 1.40 bits per heavy atom. The van der Waals surface area contributed by atoms with E-state index in [1.165, 1.54) is 6.07 Å². The Labute approximate surface area is 115 Å². The molecule has 0 aromatic heterocycles. The van der Waals surface area contributed by atoms with Gasteiger partial charge in [0.05, 0.1) is 6.61 Å². The SMILES string of the molecule is CNc1ccc(C(=O)N(CCO)CC(F)(F)F)c(C)c1. The van der Waals surface area contributed by atoms with E-state index in [0.717, 1.165) is 5.69 Å². The number of anilines is 1. The van der Waals surface area contributed by atoms with E-state index in [2.05, 4.69) is 5.32 Å². The summed E-state index contributed by atoms with van der Waals surface area (Å²) >= 11 is 0. The van der Waals surface area contributed by atoms with Crippen molar-refractivity contribution in [2.24, 2.45) is 0 Å². The molecular formula is C13H17F3N2O2. The van der Waals surface area contributed by atoms with Crippen LogP contribution in [0, 0.1) is 6.92 Å². The Morgan fingerprint density at radius 3 is 2.50 bits per heavy atom. The number of carbonyl (C=O) groups excluding carboxylic acids is 1. The average molecular weight is 290 g/mol. The molecule has 0 saturated heterocycles. The van der Waals surface area contributed by atoms with Crippen LogP contribution < -0.4 is 5.32 Å². The van der Waals surface area contributed by atoms with Gasteiger partial charge in [0.25, 0.3) is 5.91 Å². The van der Waals surface area contributed by atoms with Crippen molar-refractivity contribution in [2.75, 3.05) is 32.1 Å². The minimum absolute atomic E-state index is 0.196. The van der Waals surface area contributed by atoms with E-state index in [1.54, 1.807) is 26.1 Å². The second kappa shape index (κ2) is 6.60.